The second kappa shape index (κ2) is 4.43. The molecule has 0 spiro atoms. The highest BCUT2D eigenvalue weighted by molar-refractivity contribution is 5.44. The van der Waals surface area contributed by atoms with Gasteiger partial charge >= 0.3 is 0 Å². The predicted octanol–water partition coefficient (Wildman–Crippen LogP) is 0.967. The van der Waals surface area contributed by atoms with Crippen LogP contribution >= 0.6 is 0 Å². The van der Waals surface area contributed by atoms with Crippen molar-refractivity contribution in [2.24, 2.45) is 5.84 Å². The highest BCUT2D eigenvalue weighted by Gasteiger charge is 1.98. The molecule has 0 fully saturated rings. The first-order valence-electron chi connectivity index (χ1n) is 4.45. The molecule has 0 aromatic carbocycles. The molecule has 6 heteroatoms. The molecule has 2 aromatic heterocycles. The summed E-state index contributed by atoms with van der Waals surface area (Å²) in [6.07, 6.45) is 1.53. The Morgan fingerprint density at radius 2 is 2.13 bits per heavy atom. The van der Waals surface area contributed by atoms with E-state index in [-0.39, 0.29) is 0 Å². The van der Waals surface area contributed by atoms with Gasteiger partial charge in [-0.2, -0.15) is 0 Å². The lowest BCUT2D eigenvalue weighted by atomic mass is 10.4. The number of aromatic nitrogens is 2. The third-order valence-electron chi connectivity index (χ3n) is 1.84. The van der Waals surface area contributed by atoms with Crippen LogP contribution in [0.2, 0.25) is 0 Å². The van der Waals surface area contributed by atoms with Gasteiger partial charge in [0.05, 0.1) is 6.54 Å². The van der Waals surface area contributed by atoms with Crippen molar-refractivity contribution in [3.05, 3.63) is 36.2 Å². The van der Waals surface area contributed by atoms with Gasteiger partial charge in [-0.15, -0.1) is 0 Å². The minimum Gasteiger partial charge on any atom is -0.364 e. The monoisotopic (exact) mass is 205 g/mol. The molecule has 0 saturated heterocycles. The first-order valence-corrected chi connectivity index (χ1v) is 4.45. The van der Waals surface area contributed by atoms with Crippen LogP contribution in [0.4, 0.5) is 11.6 Å². The highest BCUT2D eigenvalue weighted by Crippen LogP contribution is 2.08. The van der Waals surface area contributed by atoms with Crippen LogP contribution in [0.3, 0.4) is 0 Å². The fourth-order valence-corrected chi connectivity index (χ4v) is 1.12. The first-order chi connectivity index (χ1) is 7.38. The van der Waals surface area contributed by atoms with E-state index < -0.39 is 0 Å². The number of anilines is 2. The number of nitrogens with two attached hydrogens (primary N) is 1. The summed E-state index contributed by atoms with van der Waals surface area (Å²) in [6, 6.07) is 7.27. The summed E-state index contributed by atoms with van der Waals surface area (Å²) < 4.78 is 4.71. The van der Waals surface area contributed by atoms with Crippen molar-refractivity contribution in [2.45, 2.75) is 6.54 Å². The molecule has 6 nitrogen and oxygen atoms in total. The lowest BCUT2D eigenvalue weighted by Crippen LogP contribution is -2.09. The zero-order valence-corrected chi connectivity index (χ0v) is 7.97. The van der Waals surface area contributed by atoms with Gasteiger partial charge in [0, 0.05) is 6.07 Å². The maximum Gasteiger partial charge on any atom is 0.142 e. The minimum atomic E-state index is 0.567. The number of hydrogen-bond acceptors (Lipinski definition) is 6. The SMILES string of the molecule is NNc1cccc(NCc2ccon2)n1. The number of nitrogen functional groups attached to an aromatic ring is 1. The molecule has 78 valence electrons. The summed E-state index contributed by atoms with van der Waals surface area (Å²) >= 11 is 0. The molecule has 0 amide bonds. The highest BCUT2D eigenvalue weighted by atomic mass is 16.5. The van der Waals surface area contributed by atoms with E-state index in [9.17, 15) is 0 Å². The second-order valence-electron chi connectivity index (χ2n) is 2.90. The molecule has 0 aliphatic carbocycles. The van der Waals surface area contributed by atoms with E-state index in [4.69, 9.17) is 10.4 Å². The van der Waals surface area contributed by atoms with E-state index in [0.717, 1.165) is 11.5 Å². The van der Waals surface area contributed by atoms with Gasteiger partial charge in [0.25, 0.3) is 0 Å². The molecule has 2 aromatic rings. The fraction of sp³-hybridized carbons (Fsp3) is 0.111. The van der Waals surface area contributed by atoms with Gasteiger partial charge in [-0.05, 0) is 12.1 Å². The fourth-order valence-electron chi connectivity index (χ4n) is 1.12. The molecule has 0 bridgehead atoms. The van der Waals surface area contributed by atoms with Gasteiger partial charge in [0.2, 0.25) is 0 Å². The Labute approximate surface area is 86.4 Å². The molecule has 0 aliphatic heterocycles. The number of hydrazine groups is 1. The average molecular weight is 205 g/mol. The van der Waals surface area contributed by atoms with Crippen LogP contribution in [0.5, 0.6) is 0 Å². The molecular weight excluding hydrogens is 194 g/mol. The molecule has 2 heterocycles. The van der Waals surface area contributed by atoms with E-state index in [0.29, 0.717) is 12.4 Å². The maximum absolute atomic E-state index is 5.24. The Hall–Kier alpha value is -2.08. The van der Waals surface area contributed by atoms with Crippen molar-refractivity contribution >= 4 is 11.6 Å². The molecular formula is C9H11N5O. The summed E-state index contributed by atoms with van der Waals surface area (Å²) in [5.41, 5.74) is 3.30. The van der Waals surface area contributed by atoms with Gasteiger partial charge in [0.15, 0.2) is 0 Å². The average Bonchev–Trinajstić information content (AvgIpc) is 2.79. The predicted molar refractivity (Wildman–Crippen MR) is 55.9 cm³/mol. The largest absolute Gasteiger partial charge is 0.364 e. The van der Waals surface area contributed by atoms with Crippen LogP contribution in [-0.2, 0) is 6.54 Å². The van der Waals surface area contributed by atoms with Crippen molar-refractivity contribution in [2.75, 3.05) is 10.7 Å². The van der Waals surface area contributed by atoms with E-state index in [1.165, 1.54) is 6.26 Å². The van der Waals surface area contributed by atoms with Gasteiger partial charge in [0.1, 0.15) is 23.6 Å². The third-order valence-corrected chi connectivity index (χ3v) is 1.84. The molecule has 0 radical (unpaired) electrons. The van der Waals surface area contributed by atoms with Crippen molar-refractivity contribution in [1.82, 2.24) is 10.1 Å². The van der Waals surface area contributed by atoms with E-state index in [1.54, 1.807) is 12.1 Å². The van der Waals surface area contributed by atoms with Gasteiger partial charge in [-0.25, -0.2) is 10.8 Å². The number of rotatable bonds is 4. The second-order valence-corrected chi connectivity index (χ2v) is 2.90. The Bertz CT molecular complexity index is 414. The normalized spacial score (nSPS) is 9.93. The summed E-state index contributed by atoms with van der Waals surface area (Å²) in [5.74, 6) is 6.58. The standard InChI is InChI=1S/C9H11N5O/c10-13-9-3-1-2-8(12-9)11-6-7-4-5-15-14-7/h1-5H,6,10H2,(H2,11,12,13). The molecule has 0 saturated carbocycles. The van der Waals surface area contributed by atoms with E-state index in [2.05, 4.69) is 20.9 Å². The zero-order valence-electron chi connectivity index (χ0n) is 7.97. The van der Waals surface area contributed by atoms with Gasteiger partial charge < -0.3 is 15.3 Å². The lowest BCUT2D eigenvalue weighted by Gasteiger charge is -2.04. The summed E-state index contributed by atoms with van der Waals surface area (Å²) in [7, 11) is 0. The van der Waals surface area contributed by atoms with Gasteiger partial charge in [-0.1, -0.05) is 11.2 Å². The van der Waals surface area contributed by atoms with E-state index in [1.807, 2.05) is 12.1 Å². The number of hydrogen-bond donors (Lipinski definition) is 3. The van der Waals surface area contributed by atoms with Gasteiger partial charge in [-0.3, -0.25) is 0 Å². The van der Waals surface area contributed by atoms with Crippen molar-refractivity contribution in [3.63, 3.8) is 0 Å². The Balaban J connectivity index is 1.98. The Morgan fingerprint density at radius 3 is 2.87 bits per heavy atom. The zero-order chi connectivity index (χ0) is 10.5. The minimum absolute atomic E-state index is 0.567. The smallest absolute Gasteiger partial charge is 0.142 e. The molecule has 0 unspecified atom stereocenters. The van der Waals surface area contributed by atoms with Crippen molar-refractivity contribution < 1.29 is 4.52 Å². The van der Waals surface area contributed by atoms with Crippen LogP contribution in [0, 0.1) is 0 Å². The third kappa shape index (κ3) is 2.44. The van der Waals surface area contributed by atoms with Crippen molar-refractivity contribution in [3.8, 4) is 0 Å². The van der Waals surface area contributed by atoms with Crippen LogP contribution in [0.1, 0.15) is 5.69 Å². The molecule has 0 atom stereocenters. The van der Waals surface area contributed by atoms with Crippen LogP contribution in [-0.4, -0.2) is 10.1 Å². The summed E-state index contributed by atoms with van der Waals surface area (Å²) in [6.45, 7) is 0.567. The van der Waals surface area contributed by atoms with E-state index >= 15 is 0 Å². The summed E-state index contributed by atoms with van der Waals surface area (Å²) in [5, 5.41) is 6.86. The Kier molecular flexibility index (Phi) is 2.80. The summed E-state index contributed by atoms with van der Waals surface area (Å²) in [4.78, 5) is 4.19. The number of nitrogens with zero attached hydrogens (tertiary/aromatic N) is 2. The Morgan fingerprint density at radius 1 is 1.27 bits per heavy atom. The molecule has 15 heavy (non-hydrogen) atoms. The molecule has 0 aliphatic rings. The lowest BCUT2D eigenvalue weighted by molar-refractivity contribution is 0.412. The van der Waals surface area contributed by atoms with Crippen LogP contribution < -0.4 is 16.6 Å². The topological polar surface area (TPSA) is 89.0 Å². The first kappa shape index (κ1) is 9.47. The maximum atomic E-state index is 5.24. The number of pyridine rings is 1. The van der Waals surface area contributed by atoms with Crippen LogP contribution in [0.25, 0.3) is 0 Å². The molecule has 4 N–H and O–H groups in total. The quantitative estimate of drug-likeness (QED) is 0.509. The van der Waals surface area contributed by atoms with Crippen LogP contribution in [0.15, 0.2) is 35.1 Å². The van der Waals surface area contributed by atoms with Crippen molar-refractivity contribution in [1.29, 1.82) is 0 Å². The number of nitrogens with one attached hydrogen (secondary N) is 2. The molecule has 2 rings (SSSR count).